The van der Waals surface area contributed by atoms with Crippen LogP contribution < -0.4 is 10.1 Å². The minimum Gasteiger partial charge on any atom is -0.497 e. The summed E-state index contributed by atoms with van der Waals surface area (Å²) < 4.78 is 5.17. The minimum absolute atomic E-state index is 0.639. The molecule has 1 aliphatic rings. The van der Waals surface area contributed by atoms with Gasteiger partial charge in [-0.25, -0.2) is 9.97 Å². The highest BCUT2D eigenvalue weighted by Gasteiger charge is 2.26. The fourth-order valence-electron chi connectivity index (χ4n) is 2.24. The Balaban J connectivity index is 1.83. The lowest BCUT2D eigenvalue weighted by Gasteiger charge is -2.08. The maximum atomic E-state index is 5.17. The Kier molecular flexibility index (Phi) is 3.54. The van der Waals surface area contributed by atoms with Crippen molar-refractivity contribution in [3.63, 3.8) is 0 Å². The van der Waals surface area contributed by atoms with Gasteiger partial charge in [0.15, 0.2) is 0 Å². The average molecular weight is 269 g/mol. The highest BCUT2D eigenvalue weighted by Crippen LogP contribution is 2.39. The summed E-state index contributed by atoms with van der Waals surface area (Å²) in [4.78, 5) is 9.25. The standard InChI is InChI=1S/C16H19N3O/c1-17-15-10-14(12-5-6-12)18-16(19-15)9-11-3-7-13(20-2)8-4-11/h3-4,7-8,10,12H,5-6,9H2,1-2H3,(H,17,18,19). The Labute approximate surface area is 119 Å². The van der Waals surface area contributed by atoms with Crippen molar-refractivity contribution >= 4 is 5.82 Å². The van der Waals surface area contributed by atoms with Gasteiger partial charge in [-0.15, -0.1) is 0 Å². The van der Waals surface area contributed by atoms with Crippen LogP contribution >= 0.6 is 0 Å². The van der Waals surface area contributed by atoms with E-state index < -0.39 is 0 Å². The van der Waals surface area contributed by atoms with Gasteiger partial charge in [0.2, 0.25) is 0 Å². The first-order valence-electron chi connectivity index (χ1n) is 6.97. The summed E-state index contributed by atoms with van der Waals surface area (Å²) in [6.07, 6.45) is 3.25. The van der Waals surface area contributed by atoms with Gasteiger partial charge in [0.25, 0.3) is 0 Å². The molecule has 0 atom stereocenters. The molecule has 1 aromatic heterocycles. The Bertz CT molecular complexity index is 591. The zero-order chi connectivity index (χ0) is 13.9. The highest BCUT2D eigenvalue weighted by molar-refractivity contribution is 5.38. The summed E-state index contributed by atoms with van der Waals surface area (Å²) in [5, 5.41) is 3.12. The molecule has 1 N–H and O–H groups in total. The molecule has 0 bridgehead atoms. The molecule has 1 heterocycles. The molecule has 1 aliphatic carbocycles. The van der Waals surface area contributed by atoms with Crippen LogP contribution in [-0.2, 0) is 6.42 Å². The molecule has 20 heavy (non-hydrogen) atoms. The van der Waals surface area contributed by atoms with E-state index in [-0.39, 0.29) is 0 Å². The summed E-state index contributed by atoms with van der Waals surface area (Å²) >= 11 is 0. The predicted octanol–water partition coefficient (Wildman–Crippen LogP) is 3.00. The first kappa shape index (κ1) is 12.9. The van der Waals surface area contributed by atoms with Crippen molar-refractivity contribution in [1.29, 1.82) is 0 Å². The van der Waals surface area contributed by atoms with Gasteiger partial charge in [-0.2, -0.15) is 0 Å². The molecule has 0 amide bonds. The number of methoxy groups -OCH3 is 1. The summed E-state index contributed by atoms with van der Waals surface area (Å²) in [5.74, 6) is 3.30. The van der Waals surface area contributed by atoms with Crippen LogP contribution in [0.4, 0.5) is 5.82 Å². The largest absolute Gasteiger partial charge is 0.497 e. The Morgan fingerprint density at radius 1 is 1.20 bits per heavy atom. The Hall–Kier alpha value is -2.10. The van der Waals surface area contributed by atoms with E-state index in [1.165, 1.54) is 24.1 Å². The second-order valence-corrected chi connectivity index (χ2v) is 5.14. The van der Waals surface area contributed by atoms with Crippen LogP contribution in [0, 0.1) is 0 Å². The van der Waals surface area contributed by atoms with Crippen LogP contribution in [0.3, 0.4) is 0 Å². The van der Waals surface area contributed by atoms with E-state index in [1.807, 2.05) is 19.2 Å². The number of ether oxygens (including phenoxy) is 1. The maximum Gasteiger partial charge on any atom is 0.135 e. The summed E-state index contributed by atoms with van der Waals surface area (Å²) in [7, 11) is 3.58. The molecule has 3 rings (SSSR count). The van der Waals surface area contributed by atoms with Crippen molar-refractivity contribution in [3.8, 4) is 5.75 Å². The number of rotatable bonds is 5. The lowest BCUT2D eigenvalue weighted by molar-refractivity contribution is 0.414. The van der Waals surface area contributed by atoms with Crippen molar-refractivity contribution in [1.82, 2.24) is 9.97 Å². The number of nitrogens with zero attached hydrogens (tertiary/aromatic N) is 2. The molecule has 4 heteroatoms. The van der Waals surface area contributed by atoms with Crippen LogP contribution in [0.25, 0.3) is 0 Å². The molecule has 104 valence electrons. The molecule has 2 aromatic rings. The smallest absolute Gasteiger partial charge is 0.135 e. The maximum absolute atomic E-state index is 5.17. The Morgan fingerprint density at radius 3 is 2.55 bits per heavy atom. The quantitative estimate of drug-likeness (QED) is 0.906. The summed E-state index contributed by atoms with van der Waals surface area (Å²) in [6.45, 7) is 0. The monoisotopic (exact) mass is 269 g/mol. The van der Waals surface area contributed by atoms with E-state index >= 15 is 0 Å². The number of anilines is 1. The number of benzene rings is 1. The van der Waals surface area contributed by atoms with Crippen molar-refractivity contribution in [2.45, 2.75) is 25.2 Å². The molecule has 0 spiro atoms. The molecule has 0 aliphatic heterocycles. The third kappa shape index (κ3) is 2.90. The lowest BCUT2D eigenvalue weighted by Crippen LogP contribution is -2.04. The molecular formula is C16H19N3O. The number of aromatic nitrogens is 2. The fourth-order valence-corrected chi connectivity index (χ4v) is 2.24. The molecule has 4 nitrogen and oxygen atoms in total. The normalized spacial score (nSPS) is 14.1. The molecule has 0 unspecified atom stereocenters. The van der Waals surface area contributed by atoms with Gasteiger partial charge in [-0.1, -0.05) is 12.1 Å². The van der Waals surface area contributed by atoms with E-state index in [1.54, 1.807) is 7.11 Å². The van der Waals surface area contributed by atoms with E-state index in [9.17, 15) is 0 Å². The predicted molar refractivity (Wildman–Crippen MR) is 79.4 cm³/mol. The number of hydrogen-bond donors (Lipinski definition) is 1. The van der Waals surface area contributed by atoms with Crippen LogP contribution in [0.1, 0.15) is 35.8 Å². The van der Waals surface area contributed by atoms with E-state index in [0.29, 0.717) is 5.92 Å². The van der Waals surface area contributed by atoms with Crippen molar-refractivity contribution in [2.24, 2.45) is 0 Å². The fraction of sp³-hybridized carbons (Fsp3) is 0.375. The molecule has 1 aromatic carbocycles. The van der Waals surface area contributed by atoms with Gasteiger partial charge < -0.3 is 10.1 Å². The van der Waals surface area contributed by atoms with Crippen LogP contribution in [-0.4, -0.2) is 24.1 Å². The van der Waals surface area contributed by atoms with Gasteiger partial charge in [-0.05, 0) is 30.5 Å². The van der Waals surface area contributed by atoms with Crippen LogP contribution in [0.2, 0.25) is 0 Å². The molecule has 1 fully saturated rings. The topological polar surface area (TPSA) is 47.0 Å². The van der Waals surface area contributed by atoms with Gasteiger partial charge >= 0.3 is 0 Å². The van der Waals surface area contributed by atoms with Crippen molar-refractivity contribution in [3.05, 3.63) is 47.4 Å². The third-order valence-electron chi connectivity index (χ3n) is 3.57. The molecule has 0 radical (unpaired) electrons. The average Bonchev–Trinajstić information content (AvgIpc) is 3.32. The zero-order valence-corrected chi connectivity index (χ0v) is 11.9. The first-order valence-corrected chi connectivity index (χ1v) is 6.97. The number of nitrogens with one attached hydrogen (secondary N) is 1. The number of hydrogen-bond acceptors (Lipinski definition) is 4. The Morgan fingerprint density at radius 2 is 1.95 bits per heavy atom. The van der Waals surface area contributed by atoms with Crippen LogP contribution in [0.15, 0.2) is 30.3 Å². The van der Waals surface area contributed by atoms with E-state index in [4.69, 9.17) is 9.72 Å². The van der Waals surface area contributed by atoms with Gasteiger partial charge in [0.1, 0.15) is 17.4 Å². The summed E-state index contributed by atoms with van der Waals surface area (Å²) in [6, 6.07) is 10.1. The van der Waals surface area contributed by atoms with E-state index in [0.717, 1.165) is 23.8 Å². The van der Waals surface area contributed by atoms with Gasteiger partial charge in [-0.3, -0.25) is 0 Å². The second-order valence-electron chi connectivity index (χ2n) is 5.14. The van der Waals surface area contributed by atoms with Gasteiger partial charge in [0, 0.05) is 31.1 Å². The van der Waals surface area contributed by atoms with Crippen LogP contribution in [0.5, 0.6) is 5.75 Å². The zero-order valence-electron chi connectivity index (χ0n) is 11.9. The van der Waals surface area contributed by atoms with Gasteiger partial charge in [0.05, 0.1) is 7.11 Å². The van der Waals surface area contributed by atoms with E-state index in [2.05, 4.69) is 28.5 Å². The first-order chi connectivity index (χ1) is 9.78. The molecule has 0 saturated heterocycles. The minimum atomic E-state index is 0.639. The third-order valence-corrected chi connectivity index (χ3v) is 3.57. The second kappa shape index (κ2) is 5.49. The molecule has 1 saturated carbocycles. The molecular weight excluding hydrogens is 250 g/mol. The van der Waals surface area contributed by atoms with Crippen molar-refractivity contribution in [2.75, 3.05) is 19.5 Å². The summed E-state index contributed by atoms with van der Waals surface area (Å²) in [5.41, 5.74) is 2.37. The highest BCUT2D eigenvalue weighted by atomic mass is 16.5. The van der Waals surface area contributed by atoms with Crippen molar-refractivity contribution < 1.29 is 4.74 Å². The lowest BCUT2D eigenvalue weighted by atomic mass is 10.1. The SMILES string of the molecule is CNc1cc(C2CC2)nc(Cc2ccc(OC)cc2)n1.